The number of aldehydes is 1. The molecule has 1 unspecified atom stereocenters. The smallest absolute Gasteiger partial charge is 0.228 e. The molecule has 3 aromatic rings. The van der Waals surface area contributed by atoms with E-state index in [4.69, 9.17) is 4.42 Å². The van der Waals surface area contributed by atoms with Crippen LogP contribution in [-0.2, 0) is 14.6 Å². The summed E-state index contributed by atoms with van der Waals surface area (Å²) < 4.78 is 29.1. The minimum Gasteiger partial charge on any atom is -0.441 e. The van der Waals surface area contributed by atoms with E-state index in [1.165, 1.54) is 6.26 Å². The predicted molar refractivity (Wildman–Crippen MR) is 117 cm³/mol. The molecule has 0 aliphatic carbocycles. The van der Waals surface area contributed by atoms with E-state index < -0.39 is 15.9 Å². The Morgan fingerprint density at radius 1 is 1.16 bits per heavy atom. The van der Waals surface area contributed by atoms with Crippen LogP contribution >= 0.6 is 0 Å². The second-order valence-electron chi connectivity index (χ2n) is 8.00. The summed E-state index contributed by atoms with van der Waals surface area (Å²) in [5.74, 6) is 1.06. The van der Waals surface area contributed by atoms with Crippen LogP contribution in [0, 0.1) is 6.92 Å². The van der Waals surface area contributed by atoms with Crippen molar-refractivity contribution in [1.29, 1.82) is 0 Å². The summed E-state index contributed by atoms with van der Waals surface area (Å²) in [6.45, 7) is 4.83. The van der Waals surface area contributed by atoms with Crippen molar-refractivity contribution in [3.63, 3.8) is 0 Å². The number of oxazole rings is 1. The normalized spacial score (nSPS) is 18.2. The number of sulfone groups is 1. The molecule has 0 spiro atoms. The number of carbonyl (C=O) groups is 1. The first kappa shape index (κ1) is 21.4. The molecule has 7 nitrogen and oxygen atoms in total. The van der Waals surface area contributed by atoms with Gasteiger partial charge in [-0.05, 0) is 57.5 Å². The zero-order valence-corrected chi connectivity index (χ0v) is 18.6. The SMILES string of the molecule is Cc1oc(-c2ccc(-c3ccc(S(C)(=O)=O)cc3)nc2)nc1C(C=O)N1CCC[C@H]1C. The van der Waals surface area contributed by atoms with Gasteiger partial charge in [-0.25, -0.2) is 13.4 Å². The first-order chi connectivity index (χ1) is 14.8. The number of aromatic nitrogens is 2. The van der Waals surface area contributed by atoms with Crippen LogP contribution in [0.2, 0.25) is 0 Å². The maximum atomic E-state index is 11.9. The summed E-state index contributed by atoms with van der Waals surface area (Å²) in [7, 11) is -3.23. The van der Waals surface area contributed by atoms with E-state index in [-0.39, 0.29) is 4.90 Å². The van der Waals surface area contributed by atoms with Crippen LogP contribution in [0.4, 0.5) is 0 Å². The van der Waals surface area contributed by atoms with E-state index >= 15 is 0 Å². The second-order valence-corrected chi connectivity index (χ2v) is 10.0. The molecule has 1 aliphatic heterocycles. The zero-order chi connectivity index (χ0) is 22.2. The first-order valence-electron chi connectivity index (χ1n) is 10.2. The highest BCUT2D eigenvalue weighted by atomic mass is 32.2. The lowest BCUT2D eigenvalue weighted by Crippen LogP contribution is -2.33. The fourth-order valence-electron chi connectivity index (χ4n) is 4.04. The molecule has 1 aliphatic rings. The highest BCUT2D eigenvalue weighted by molar-refractivity contribution is 7.90. The summed E-state index contributed by atoms with van der Waals surface area (Å²) in [5, 5.41) is 0. The summed E-state index contributed by atoms with van der Waals surface area (Å²) >= 11 is 0. The van der Waals surface area contributed by atoms with Crippen molar-refractivity contribution in [2.45, 2.75) is 43.7 Å². The van der Waals surface area contributed by atoms with Crippen LogP contribution in [0.25, 0.3) is 22.7 Å². The zero-order valence-electron chi connectivity index (χ0n) is 17.8. The molecule has 3 heterocycles. The van der Waals surface area contributed by atoms with Gasteiger partial charge in [0, 0.05) is 24.1 Å². The van der Waals surface area contributed by atoms with Crippen molar-refractivity contribution in [1.82, 2.24) is 14.9 Å². The fourth-order valence-corrected chi connectivity index (χ4v) is 4.67. The molecule has 0 saturated carbocycles. The maximum absolute atomic E-state index is 11.9. The van der Waals surface area contributed by atoms with Gasteiger partial charge in [-0.2, -0.15) is 0 Å². The van der Waals surface area contributed by atoms with Gasteiger partial charge >= 0.3 is 0 Å². The fraction of sp³-hybridized carbons (Fsp3) is 0.348. The molecular weight excluding hydrogens is 414 g/mol. The average molecular weight is 440 g/mol. The van der Waals surface area contributed by atoms with Gasteiger partial charge in [0.15, 0.2) is 9.84 Å². The van der Waals surface area contributed by atoms with Crippen molar-refractivity contribution in [2.24, 2.45) is 0 Å². The molecule has 4 rings (SSSR count). The van der Waals surface area contributed by atoms with Gasteiger partial charge in [-0.15, -0.1) is 0 Å². The largest absolute Gasteiger partial charge is 0.441 e. The number of hydrogen-bond acceptors (Lipinski definition) is 7. The van der Waals surface area contributed by atoms with Gasteiger partial charge in [-0.1, -0.05) is 12.1 Å². The standard InChI is InChI=1S/C23H25N3O4S/c1-15-5-4-12-26(15)21(14-27)22-16(2)30-23(25-22)18-8-11-20(24-13-18)17-6-9-19(10-7-17)31(3,28)29/h6-11,13-15,21H,4-5,12H2,1-3H3/t15-,21?/m1/s1. The minimum atomic E-state index is -3.23. The lowest BCUT2D eigenvalue weighted by Gasteiger charge is -2.26. The molecule has 2 aromatic heterocycles. The van der Waals surface area contributed by atoms with Crippen LogP contribution in [0.5, 0.6) is 0 Å². The lowest BCUT2D eigenvalue weighted by atomic mass is 10.1. The van der Waals surface area contributed by atoms with Gasteiger partial charge in [0.05, 0.1) is 16.2 Å². The molecule has 1 saturated heterocycles. The van der Waals surface area contributed by atoms with Gasteiger partial charge in [0.2, 0.25) is 5.89 Å². The summed E-state index contributed by atoms with van der Waals surface area (Å²) in [5.41, 5.74) is 2.89. The molecular formula is C23H25N3O4S. The van der Waals surface area contributed by atoms with Crippen LogP contribution in [0.1, 0.15) is 37.3 Å². The Labute approximate surface area is 182 Å². The predicted octanol–water partition coefficient (Wildman–Crippen LogP) is 3.84. The molecule has 0 amide bonds. The number of nitrogens with zero attached hydrogens (tertiary/aromatic N) is 3. The molecule has 0 bridgehead atoms. The third-order valence-corrected chi connectivity index (χ3v) is 6.92. The van der Waals surface area contributed by atoms with Crippen LogP contribution in [0.3, 0.4) is 0 Å². The number of pyridine rings is 1. The van der Waals surface area contributed by atoms with Crippen molar-refractivity contribution in [3.8, 4) is 22.7 Å². The van der Waals surface area contributed by atoms with Crippen molar-refractivity contribution < 1.29 is 17.6 Å². The Morgan fingerprint density at radius 3 is 2.42 bits per heavy atom. The van der Waals surface area contributed by atoms with E-state index in [2.05, 4.69) is 21.8 Å². The minimum absolute atomic E-state index is 0.271. The summed E-state index contributed by atoms with van der Waals surface area (Å²) in [6.07, 6.45) is 5.94. The quantitative estimate of drug-likeness (QED) is 0.539. The number of rotatable bonds is 6. The highest BCUT2D eigenvalue weighted by Gasteiger charge is 2.32. The second kappa shape index (κ2) is 8.36. The number of hydrogen-bond donors (Lipinski definition) is 0. The molecule has 1 fully saturated rings. The Bertz CT molecular complexity index is 1180. The monoisotopic (exact) mass is 439 g/mol. The number of carbonyl (C=O) groups excluding carboxylic acids is 1. The Morgan fingerprint density at radius 2 is 1.87 bits per heavy atom. The molecule has 0 N–H and O–H groups in total. The number of benzene rings is 1. The third-order valence-electron chi connectivity index (χ3n) is 5.79. The Kier molecular flexibility index (Phi) is 5.77. The topological polar surface area (TPSA) is 93.4 Å². The van der Waals surface area contributed by atoms with E-state index in [1.807, 2.05) is 19.1 Å². The number of likely N-dealkylation sites (tertiary alicyclic amines) is 1. The third kappa shape index (κ3) is 4.31. The maximum Gasteiger partial charge on any atom is 0.228 e. The first-order valence-corrected chi connectivity index (χ1v) is 12.1. The molecule has 31 heavy (non-hydrogen) atoms. The number of aryl methyl sites for hydroxylation is 1. The summed E-state index contributed by atoms with van der Waals surface area (Å²) in [4.78, 5) is 23.4. The van der Waals surface area contributed by atoms with Gasteiger partial charge < -0.3 is 9.21 Å². The van der Waals surface area contributed by atoms with E-state index in [0.717, 1.165) is 31.2 Å². The highest BCUT2D eigenvalue weighted by Crippen LogP contribution is 2.32. The van der Waals surface area contributed by atoms with E-state index in [1.54, 1.807) is 30.5 Å². The van der Waals surface area contributed by atoms with Crippen molar-refractivity contribution in [2.75, 3.05) is 12.8 Å². The van der Waals surface area contributed by atoms with Crippen molar-refractivity contribution in [3.05, 3.63) is 54.0 Å². The van der Waals surface area contributed by atoms with Crippen molar-refractivity contribution >= 4 is 16.1 Å². The molecule has 0 radical (unpaired) electrons. The van der Waals surface area contributed by atoms with E-state index in [0.29, 0.717) is 34.6 Å². The Balaban J connectivity index is 1.58. The average Bonchev–Trinajstić information content (AvgIpc) is 3.35. The lowest BCUT2D eigenvalue weighted by molar-refractivity contribution is -0.113. The van der Waals surface area contributed by atoms with Gasteiger partial charge in [-0.3, -0.25) is 9.88 Å². The van der Waals surface area contributed by atoms with Crippen LogP contribution in [0.15, 0.2) is 51.9 Å². The Hall–Kier alpha value is -2.84. The van der Waals surface area contributed by atoms with Crippen LogP contribution < -0.4 is 0 Å². The molecule has 162 valence electrons. The van der Waals surface area contributed by atoms with Crippen LogP contribution in [-0.4, -0.2) is 48.4 Å². The van der Waals surface area contributed by atoms with Gasteiger partial charge in [0.1, 0.15) is 23.8 Å². The molecule has 1 aromatic carbocycles. The van der Waals surface area contributed by atoms with Gasteiger partial charge in [0.25, 0.3) is 0 Å². The molecule has 2 atom stereocenters. The van der Waals surface area contributed by atoms with E-state index in [9.17, 15) is 13.2 Å². The molecule has 8 heteroatoms. The summed E-state index contributed by atoms with van der Waals surface area (Å²) in [6, 6.07) is 10.2.